The SMILES string of the molecule is CCn1cc(-c2cnc3c(Nc4cc(CN5CCCCC5)ns4)nc(C)cn23)cn1.O=CNCCO. The van der Waals surface area contributed by atoms with Gasteiger partial charge in [-0.05, 0) is 57.4 Å². The summed E-state index contributed by atoms with van der Waals surface area (Å²) in [7, 11) is 0. The van der Waals surface area contributed by atoms with E-state index in [0.29, 0.717) is 13.0 Å². The second-order valence-electron chi connectivity index (χ2n) is 8.59. The zero-order chi connectivity index (χ0) is 25.3. The molecule has 5 heterocycles. The molecule has 1 aliphatic heterocycles. The van der Waals surface area contributed by atoms with Gasteiger partial charge in [0.2, 0.25) is 6.41 Å². The maximum atomic E-state index is 9.34. The third-order valence-corrected chi connectivity index (χ3v) is 6.58. The van der Waals surface area contributed by atoms with E-state index in [1.54, 1.807) is 0 Å². The lowest BCUT2D eigenvalue weighted by atomic mass is 10.1. The van der Waals surface area contributed by atoms with Crippen LogP contribution in [0.3, 0.4) is 0 Å². The normalized spacial score (nSPS) is 13.9. The molecule has 1 amide bonds. The molecule has 0 unspecified atom stereocenters. The highest BCUT2D eigenvalue weighted by molar-refractivity contribution is 7.10. The van der Waals surface area contributed by atoms with E-state index in [-0.39, 0.29) is 6.61 Å². The van der Waals surface area contributed by atoms with Crippen LogP contribution in [0.2, 0.25) is 0 Å². The van der Waals surface area contributed by atoms with E-state index in [1.807, 2.05) is 36.4 Å². The highest BCUT2D eigenvalue weighted by Gasteiger charge is 2.16. The lowest BCUT2D eigenvalue weighted by Gasteiger charge is -2.25. The highest BCUT2D eigenvalue weighted by Crippen LogP contribution is 2.28. The number of rotatable bonds is 9. The molecule has 0 aromatic carbocycles. The Morgan fingerprint density at radius 1 is 1.19 bits per heavy atom. The maximum Gasteiger partial charge on any atom is 0.207 e. The molecule has 192 valence electrons. The van der Waals surface area contributed by atoms with E-state index in [0.717, 1.165) is 52.2 Å². The quantitative estimate of drug-likeness (QED) is 0.231. The molecule has 1 fully saturated rings. The summed E-state index contributed by atoms with van der Waals surface area (Å²) in [4.78, 5) is 21.2. The van der Waals surface area contributed by atoms with Crippen molar-refractivity contribution < 1.29 is 9.90 Å². The molecule has 4 aromatic heterocycles. The highest BCUT2D eigenvalue weighted by atomic mass is 32.1. The number of fused-ring (bicyclic) bond motifs is 1. The van der Waals surface area contributed by atoms with Crippen molar-refractivity contribution in [2.45, 2.75) is 46.2 Å². The molecule has 12 heteroatoms. The van der Waals surface area contributed by atoms with Crippen LogP contribution in [-0.4, -0.2) is 71.2 Å². The number of aliphatic hydroxyl groups excluding tert-OH is 1. The van der Waals surface area contributed by atoms with Gasteiger partial charge in [-0.15, -0.1) is 0 Å². The van der Waals surface area contributed by atoms with Crippen molar-refractivity contribution in [3.05, 3.63) is 42.2 Å². The fourth-order valence-electron chi connectivity index (χ4n) is 4.11. The Morgan fingerprint density at radius 3 is 2.72 bits per heavy atom. The van der Waals surface area contributed by atoms with E-state index in [1.165, 1.54) is 43.9 Å². The first-order valence-electron chi connectivity index (χ1n) is 12.2. The number of aliphatic hydroxyl groups is 1. The number of likely N-dealkylation sites (tertiary alicyclic amines) is 1. The van der Waals surface area contributed by atoms with Crippen molar-refractivity contribution in [2.24, 2.45) is 0 Å². The Kier molecular flexibility index (Phi) is 8.98. The van der Waals surface area contributed by atoms with Crippen LogP contribution in [0, 0.1) is 6.92 Å². The molecule has 36 heavy (non-hydrogen) atoms. The van der Waals surface area contributed by atoms with Gasteiger partial charge in [0.05, 0.1) is 36.1 Å². The zero-order valence-electron chi connectivity index (χ0n) is 20.7. The van der Waals surface area contributed by atoms with Crippen molar-refractivity contribution >= 4 is 34.4 Å². The molecule has 0 spiro atoms. The van der Waals surface area contributed by atoms with Gasteiger partial charge >= 0.3 is 0 Å². The largest absolute Gasteiger partial charge is 0.395 e. The minimum absolute atomic E-state index is 0.0126. The van der Waals surface area contributed by atoms with Crippen molar-refractivity contribution in [3.63, 3.8) is 0 Å². The van der Waals surface area contributed by atoms with Gasteiger partial charge in [-0.3, -0.25) is 18.8 Å². The Bertz CT molecular complexity index is 1260. The van der Waals surface area contributed by atoms with E-state index >= 15 is 0 Å². The third-order valence-electron chi connectivity index (χ3n) is 5.84. The van der Waals surface area contributed by atoms with Gasteiger partial charge in [0, 0.05) is 37.6 Å². The predicted octanol–water partition coefficient (Wildman–Crippen LogP) is 2.83. The summed E-state index contributed by atoms with van der Waals surface area (Å²) < 4.78 is 8.65. The number of imidazole rings is 1. The van der Waals surface area contributed by atoms with Crippen LogP contribution in [0.1, 0.15) is 37.6 Å². The molecular formula is C24H33N9O2S. The number of carbonyl (C=O) groups is 1. The minimum atomic E-state index is 0.0126. The first-order valence-corrected chi connectivity index (χ1v) is 13.0. The van der Waals surface area contributed by atoms with Crippen LogP contribution in [0.25, 0.3) is 16.9 Å². The second-order valence-corrected chi connectivity index (χ2v) is 9.40. The second kappa shape index (κ2) is 12.6. The lowest BCUT2D eigenvalue weighted by Crippen LogP contribution is -2.29. The van der Waals surface area contributed by atoms with E-state index < -0.39 is 0 Å². The molecule has 1 saturated heterocycles. The number of hydrogen-bond acceptors (Lipinski definition) is 9. The smallest absolute Gasteiger partial charge is 0.207 e. The molecule has 3 N–H and O–H groups in total. The fraction of sp³-hybridized carbons (Fsp3) is 0.458. The number of anilines is 2. The van der Waals surface area contributed by atoms with Crippen LogP contribution in [0.15, 0.2) is 30.9 Å². The van der Waals surface area contributed by atoms with Gasteiger partial charge in [0.15, 0.2) is 11.5 Å². The molecule has 1 aliphatic rings. The molecule has 0 radical (unpaired) electrons. The van der Waals surface area contributed by atoms with Gasteiger partial charge in [0.25, 0.3) is 0 Å². The van der Waals surface area contributed by atoms with Gasteiger partial charge in [-0.2, -0.15) is 9.47 Å². The Morgan fingerprint density at radius 2 is 2.03 bits per heavy atom. The van der Waals surface area contributed by atoms with Crippen LogP contribution < -0.4 is 10.6 Å². The van der Waals surface area contributed by atoms with E-state index in [9.17, 15) is 4.79 Å². The van der Waals surface area contributed by atoms with Crippen molar-refractivity contribution in [2.75, 3.05) is 31.6 Å². The molecule has 0 saturated carbocycles. The van der Waals surface area contributed by atoms with Gasteiger partial charge in [-0.1, -0.05) is 6.42 Å². The first kappa shape index (κ1) is 25.7. The Hall–Kier alpha value is -3.35. The summed E-state index contributed by atoms with van der Waals surface area (Å²) in [5, 5.41) is 19.1. The van der Waals surface area contributed by atoms with Crippen molar-refractivity contribution in [1.29, 1.82) is 0 Å². The van der Waals surface area contributed by atoms with Gasteiger partial charge < -0.3 is 15.7 Å². The van der Waals surface area contributed by atoms with Gasteiger partial charge in [0.1, 0.15) is 5.00 Å². The Labute approximate surface area is 214 Å². The average Bonchev–Trinajstić information content (AvgIpc) is 3.63. The number of aryl methyl sites for hydroxylation is 2. The summed E-state index contributed by atoms with van der Waals surface area (Å²) in [6, 6.07) is 2.13. The summed E-state index contributed by atoms with van der Waals surface area (Å²) in [6.45, 7) is 8.55. The van der Waals surface area contributed by atoms with E-state index in [2.05, 4.69) is 47.4 Å². The maximum absolute atomic E-state index is 9.34. The molecule has 11 nitrogen and oxygen atoms in total. The zero-order valence-corrected chi connectivity index (χ0v) is 21.5. The summed E-state index contributed by atoms with van der Waals surface area (Å²) >= 11 is 1.48. The van der Waals surface area contributed by atoms with Crippen molar-refractivity contribution in [1.82, 2.24) is 38.7 Å². The number of hydrogen-bond donors (Lipinski definition) is 3. The minimum Gasteiger partial charge on any atom is -0.395 e. The number of nitrogens with zero attached hydrogens (tertiary/aromatic N) is 7. The van der Waals surface area contributed by atoms with Crippen LogP contribution >= 0.6 is 11.5 Å². The van der Waals surface area contributed by atoms with Gasteiger partial charge in [-0.25, -0.2) is 9.97 Å². The van der Waals surface area contributed by atoms with Crippen molar-refractivity contribution in [3.8, 4) is 11.3 Å². The molecular weight excluding hydrogens is 478 g/mol. The fourth-order valence-corrected chi connectivity index (χ4v) is 4.76. The average molecular weight is 512 g/mol. The number of piperidine rings is 1. The number of carbonyl (C=O) groups excluding carboxylic acids is 1. The molecule has 5 rings (SSSR count). The molecule has 0 aliphatic carbocycles. The number of aromatic nitrogens is 6. The number of amides is 1. The molecule has 0 bridgehead atoms. The molecule has 4 aromatic rings. The topological polar surface area (TPSA) is 126 Å². The monoisotopic (exact) mass is 511 g/mol. The lowest BCUT2D eigenvalue weighted by molar-refractivity contribution is -0.109. The summed E-state index contributed by atoms with van der Waals surface area (Å²) in [5.74, 6) is 0.748. The van der Waals surface area contributed by atoms with E-state index in [4.69, 9.17) is 10.1 Å². The number of nitrogens with one attached hydrogen (secondary N) is 2. The summed E-state index contributed by atoms with van der Waals surface area (Å²) in [5.41, 5.74) is 4.89. The van der Waals surface area contributed by atoms with Crippen LogP contribution in [0.5, 0.6) is 0 Å². The standard InChI is InChI=1S/C21H26N8S.C3H7NO2/c1-3-28-13-16(10-23-28)18-11-22-21-20(24-15(2)12-29(18)21)25-19-9-17(26-30-19)14-27-7-5-4-6-8-27;5-2-1-4-3-6/h9-13H,3-8,14H2,1-2H3,(H,24,25);3,5H,1-2H2,(H,4,6). The predicted molar refractivity (Wildman–Crippen MR) is 140 cm³/mol. The van der Waals surface area contributed by atoms with Crippen LogP contribution in [0.4, 0.5) is 10.8 Å². The molecule has 0 atom stereocenters. The third kappa shape index (κ3) is 6.45. The first-order chi connectivity index (χ1) is 17.6. The Balaban J connectivity index is 0.000000455. The van der Waals surface area contributed by atoms with Crippen LogP contribution in [-0.2, 0) is 17.9 Å². The summed E-state index contributed by atoms with van der Waals surface area (Å²) in [6.07, 6.45) is 12.3.